The van der Waals surface area contributed by atoms with E-state index in [0.29, 0.717) is 0 Å². The highest BCUT2D eigenvalue weighted by molar-refractivity contribution is 5.58. The Balaban J connectivity index is 2.42. The van der Waals surface area contributed by atoms with Crippen molar-refractivity contribution in [2.75, 3.05) is 0 Å². The molecule has 3 heteroatoms. The van der Waals surface area contributed by atoms with Crippen molar-refractivity contribution in [3.8, 4) is 0 Å². The summed E-state index contributed by atoms with van der Waals surface area (Å²) in [6, 6.07) is 15.9. The molecule has 0 aliphatic carbocycles. The number of hydrogen-bond donors (Lipinski definition) is 1. The minimum absolute atomic E-state index is 0.577. The van der Waals surface area contributed by atoms with E-state index in [2.05, 4.69) is 19.9 Å². The number of ether oxygens (including phenoxy) is 1. The van der Waals surface area contributed by atoms with Gasteiger partial charge in [-0.2, -0.15) is 0 Å². The van der Waals surface area contributed by atoms with Gasteiger partial charge >= 0.3 is 6.16 Å². The van der Waals surface area contributed by atoms with E-state index < -0.39 is 12.3 Å². The topological polar surface area (TPSA) is 46.5 Å². The lowest BCUT2D eigenvalue weighted by atomic mass is 9.88. The molecule has 27 heavy (non-hydrogen) atoms. The van der Waals surface area contributed by atoms with Gasteiger partial charge in [0.1, 0.15) is 0 Å². The standard InChI is InChI=1S/C24H32O3/c1-3-5-8-13-19-16-12-18-22(21(19)17-9-6-4-2)23(27-24(25)26)20-14-10-7-11-15-20/h7,10-12,14-16,18,23H,3-6,8-9,13,17H2,1-2H3,(H,25,26). The van der Waals surface area contributed by atoms with Gasteiger partial charge in [0.2, 0.25) is 0 Å². The van der Waals surface area contributed by atoms with Crippen molar-refractivity contribution in [3.05, 3.63) is 70.8 Å². The Morgan fingerprint density at radius 1 is 0.889 bits per heavy atom. The van der Waals surface area contributed by atoms with Gasteiger partial charge in [-0.1, -0.05) is 88.1 Å². The molecule has 0 aliphatic heterocycles. The molecule has 0 heterocycles. The highest BCUT2D eigenvalue weighted by atomic mass is 16.7. The third-order valence-electron chi connectivity index (χ3n) is 4.99. The van der Waals surface area contributed by atoms with E-state index in [9.17, 15) is 9.90 Å². The maximum absolute atomic E-state index is 11.4. The quantitative estimate of drug-likeness (QED) is 0.345. The van der Waals surface area contributed by atoms with Crippen LogP contribution in [0.1, 0.15) is 80.7 Å². The summed E-state index contributed by atoms with van der Waals surface area (Å²) in [5.74, 6) is 0. The molecule has 1 atom stereocenters. The number of aryl methyl sites for hydroxylation is 1. The molecule has 2 rings (SSSR count). The number of unbranched alkanes of at least 4 members (excludes halogenated alkanes) is 4. The van der Waals surface area contributed by atoms with Crippen LogP contribution in [0.4, 0.5) is 4.79 Å². The van der Waals surface area contributed by atoms with Crippen LogP contribution < -0.4 is 0 Å². The summed E-state index contributed by atoms with van der Waals surface area (Å²) < 4.78 is 5.37. The minimum atomic E-state index is -1.24. The lowest BCUT2D eigenvalue weighted by Crippen LogP contribution is -2.14. The zero-order valence-corrected chi connectivity index (χ0v) is 16.6. The van der Waals surface area contributed by atoms with Crippen molar-refractivity contribution in [3.63, 3.8) is 0 Å². The van der Waals surface area contributed by atoms with E-state index in [1.165, 1.54) is 36.8 Å². The number of rotatable bonds is 11. The molecule has 0 spiro atoms. The van der Waals surface area contributed by atoms with Gasteiger partial charge in [0.15, 0.2) is 6.10 Å². The van der Waals surface area contributed by atoms with E-state index in [4.69, 9.17) is 4.74 Å². The molecule has 1 N–H and O–H groups in total. The molecule has 1 unspecified atom stereocenters. The van der Waals surface area contributed by atoms with Gasteiger partial charge in [-0.05, 0) is 42.4 Å². The monoisotopic (exact) mass is 368 g/mol. The summed E-state index contributed by atoms with van der Waals surface area (Å²) in [6.45, 7) is 4.42. The SMILES string of the molecule is CCCCCc1cccc(C(OC(=O)O)c2ccccc2)c1CCCCC. The van der Waals surface area contributed by atoms with Gasteiger partial charge in [-0.3, -0.25) is 0 Å². The lowest BCUT2D eigenvalue weighted by molar-refractivity contribution is 0.0659. The molecule has 0 bridgehead atoms. The van der Waals surface area contributed by atoms with Gasteiger partial charge in [-0.25, -0.2) is 4.79 Å². The molecule has 0 fully saturated rings. The van der Waals surface area contributed by atoms with Gasteiger partial charge in [0, 0.05) is 5.56 Å². The van der Waals surface area contributed by atoms with Crippen LogP contribution in [0, 0.1) is 0 Å². The predicted octanol–water partition coefficient (Wildman–Crippen LogP) is 6.94. The van der Waals surface area contributed by atoms with Crippen molar-refractivity contribution in [1.82, 2.24) is 0 Å². The molecule has 2 aromatic rings. The summed E-state index contributed by atoms with van der Waals surface area (Å²) in [7, 11) is 0. The second-order valence-corrected chi connectivity index (χ2v) is 7.07. The van der Waals surface area contributed by atoms with E-state index in [1.807, 2.05) is 42.5 Å². The maximum atomic E-state index is 11.4. The van der Waals surface area contributed by atoms with Crippen molar-refractivity contribution in [2.24, 2.45) is 0 Å². The average Bonchev–Trinajstić information content (AvgIpc) is 2.68. The van der Waals surface area contributed by atoms with Gasteiger partial charge in [-0.15, -0.1) is 0 Å². The highest BCUT2D eigenvalue weighted by Gasteiger charge is 2.22. The zero-order chi connectivity index (χ0) is 19.5. The average molecular weight is 369 g/mol. The van der Waals surface area contributed by atoms with Crippen LogP contribution in [0.15, 0.2) is 48.5 Å². The Morgan fingerprint density at radius 3 is 2.19 bits per heavy atom. The van der Waals surface area contributed by atoms with Crippen LogP contribution in [0.25, 0.3) is 0 Å². The lowest BCUT2D eigenvalue weighted by Gasteiger charge is -2.22. The summed E-state index contributed by atoms with van der Waals surface area (Å²) in [5.41, 5.74) is 4.49. The largest absolute Gasteiger partial charge is 0.506 e. The maximum Gasteiger partial charge on any atom is 0.506 e. The minimum Gasteiger partial charge on any atom is -0.450 e. The Hall–Kier alpha value is -2.29. The molecule has 0 saturated carbocycles. The molecule has 3 nitrogen and oxygen atoms in total. The molecule has 0 aromatic heterocycles. The Morgan fingerprint density at radius 2 is 1.56 bits per heavy atom. The molecule has 2 aromatic carbocycles. The second-order valence-electron chi connectivity index (χ2n) is 7.07. The molecule has 146 valence electrons. The predicted molar refractivity (Wildman–Crippen MR) is 110 cm³/mol. The molecule has 0 amide bonds. The van der Waals surface area contributed by atoms with Crippen molar-refractivity contribution in [2.45, 2.75) is 71.3 Å². The third kappa shape index (κ3) is 6.42. The van der Waals surface area contributed by atoms with Crippen LogP contribution >= 0.6 is 0 Å². The smallest absolute Gasteiger partial charge is 0.450 e. The summed E-state index contributed by atoms with van der Waals surface area (Å²) in [6.07, 6.45) is 7.23. The molecular formula is C24H32O3. The van der Waals surface area contributed by atoms with E-state index in [-0.39, 0.29) is 0 Å². The van der Waals surface area contributed by atoms with E-state index in [0.717, 1.165) is 36.8 Å². The van der Waals surface area contributed by atoms with E-state index in [1.54, 1.807) is 0 Å². The van der Waals surface area contributed by atoms with Crippen molar-refractivity contribution >= 4 is 6.16 Å². The Kier molecular flexibility index (Phi) is 8.90. The number of benzene rings is 2. The van der Waals surface area contributed by atoms with Gasteiger partial charge < -0.3 is 9.84 Å². The van der Waals surface area contributed by atoms with Crippen LogP contribution in [-0.4, -0.2) is 11.3 Å². The molecule has 0 radical (unpaired) electrons. The fraction of sp³-hybridized carbons (Fsp3) is 0.458. The van der Waals surface area contributed by atoms with Gasteiger partial charge in [0.05, 0.1) is 0 Å². The number of hydrogen-bond acceptors (Lipinski definition) is 2. The summed E-state index contributed by atoms with van der Waals surface area (Å²) in [4.78, 5) is 11.4. The highest BCUT2D eigenvalue weighted by Crippen LogP contribution is 2.32. The first-order valence-corrected chi connectivity index (χ1v) is 10.2. The molecule has 0 aliphatic rings. The first-order valence-electron chi connectivity index (χ1n) is 10.2. The normalized spacial score (nSPS) is 11.9. The van der Waals surface area contributed by atoms with E-state index >= 15 is 0 Å². The first kappa shape index (κ1) is 21.0. The fourth-order valence-corrected chi connectivity index (χ4v) is 3.60. The van der Waals surface area contributed by atoms with Crippen molar-refractivity contribution < 1.29 is 14.6 Å². The molecular weight excluding hydrogens is 336 g/mol. The second kappa shape index (κ2) is 11.4. The zero-order valence-electron chi connectivity index (χ0n) is 16.6. The van der Waals surface area contributed by atoms with Crippen LogP contribution in [-0.2, 0) is 17.6 Å². The Labute approximate surface area is 163 Å². The van der Waals surface area contributed by atoms with Crippen LogP contribution in [0.3, 0.4) is 0 Å². The van der Waals surface area contributed by atoms with Gasteiger partial charge in [0.25, 0.3) is 0 Å². The Bertz CT molecular complexity index is 694. The molecule has 0 saturated heterocycles. The third-order valence-corrected chi connectivity index (χ3v) is 4.99. The summed E-state index contributed by atoms with van der Waals surface area (Å²) >= 11 is 0. The van der Waals surface area contributed by atoms with Crippen LogP contribution in [0.5, 0.6) is 0 Å². The number of carboxylic acid groups (broad SMARTS) is 1. The number of carbonyl (C=O) groups is 1. The first-order chi connectivity index (χ1) is 13.2. The van der Waals surface area contributed by atoms with Crippen molar-refractivity contribution in [1.29, 1.82) is 0 Å². The van der Waals surface area contributed by atoms with Crippen LogP contribution in [0.2, 0.25) is 0 Å². The summed E-state index contributed by atoms with van der Waals surface area (Å²) in [5, 5.41) is 9.33. The fourth-order valence-electron chi connectivity index (χ4n) is 3.60.